The van der Waals surface area contributed by atoms with Gasteiger partial charge in [0.05, 0.1) is 6.10 Å². The molecule has 0 aliphatic rings. The molecule has 0 aliphatic heterocycles. The van der Waals surface area contributed by atoms with E-state index >= 15 is 0 Å². The van der Waals surface area contributed by atoms with Crippen molar-refractivity contribution in [1.82, 2.24) is 0 Å². The van der Waals surface area contributed by atoms with E-state index in [2.05, 4.69) is 13.8 Å². The summed E-state index contributed by atoms with van der Waals surface area (Å²) in [6.07, 6.45) is 5.06. The molecule has 0 amide bonds. The van der Waals surface area contributed by atoms with E-state index < -0.39 is 6.10 Å². The number of unbranched alkanes of at least 4 members (excludes halogenated alkanes) is 1. The van der Waals surface area contributed by atoms with Crippen LogP contribution in [0.25, 0.3) is 0 Å². The first-order chi connectivity index (χ1) is 9.08. The summed E-state index contributed by atoms with van der Waals surface area (Å²) in [6, 6.07) is 4.65. The summed E-state index contributed by atoms with van der Waals surface area (Å²) in [5.41, 5.74) is 0.432. The van der Waals surface area contributed by atoms with E-state index in [-0.39, 0.29) is 5.82 Å². The lowest BCUT2D eigenvalue weighted by Crippen LogP contribution is -2.17. The maximum absolute atomic E-state index is 13.6. The van der Waals surface area contributed by atoms with Crippen molar-refractivity contribution in [3.8, 4) is 0 Å². The predicted octanol–water partition coefficient (Wildman–Crippen LogP) is 4.99. The minimum Gasteiger partial charge on any atom is -0.393 e. The first kappa shape index (κ1) is 16.5. The Labute approximate surface area is 120 Å². The first-order valence-electron chi connectivity index (χ1n) is 7.19. The zero-order valence-electron chi connectivity index (χ0n) is 11.8. The van der Waals surface area contributed by atoms with Crippen molar-refractivity contribution in [2.45, 2.75) is 58.5 Å². The third kappa shape index (κ3) is 5.50. The summed E-state index contributed by atoms with van der Waals surface area (Å²) in [7, 11) is 0. The number of aliphatic hydroxyl groups is 1. The highest BCUT2D eigenvalue weighted by atomic mass is 35.5. The fourth-order valence-electron chi connectivity index (χ4n) is 2.41. The lowest BCUT2D eigenvalue weighted by molar-refractivity contribution is 0.136. The van der Waals surface area contributed by atoms with Gasteiger partial charge in [0.2, 0.25) is 0 Å². The molecule has 0 aliphatic carbocycles. The smallest absolute Gasteiger partial charge is 0.127 e. The van der Waals surface area contributed by atoms with E-state index in [9.17, 15) is 9.50 Å². The van der Waals surface area contributed by atoms with Gasteiger partial charge in [-0.1, -0.05) is 57.2 Å². The van der Waals surface area contributed by atoms with E-state index in [1.165, 1.54) is 18.9 Å². The van der Waals surface area contributed by atoms with Crippen molar-refractivity contribution >= 4 is 11.6 Å². The van der Waals surface area contributed by atoms with Crippen LogP contribution >= 0.6 is 11.6 Å². The standard InChI is InChI=1S/C16H24ClFO/c1-3-5-7-12(4-2)10-13(19)11-14-15(17)8-6-9-16(14)18/h6,8-9,12-13,19H,3-5,7,10-11H2,1-2H3. The second-order valence-electron chi connectivity index (χ2n) is 5.21. The van der Waals surface area contributed by atoms with Gasteiger partial charge >= 0.3 is 0 Å². The number of hydrogen-bond acceptors (Lipinski definition) is 1. The van der Waals surface area contributed by atoms with Gasteiger partial charge in [0.15, 0.2) is 0 Å². The van der Waals surface area contributed by atoms with Gasteiger partial charge in [-0.15, -0.1) is 0 Å². The third-order valence-electron chi connectivity index (χ3n) is 3.65. The summed E-state index contributed by atoms with van der Waals surface area (Å²) < 4.78 is 13.6. The molecule has 0 radical (unpaired) electrons. The molecule has 1 nitrogen and oxygen atoms in total. The van der Waals surface area contributed by atoms with Crippen LogP contribution in [0.3, 0.4) is 0 Å². The second kappa shape index (κ2) is 8.55. The fourth-order valence-corrected chi connectivity index (χ4v) is 2.65. The van der Waals surface area contributed by atoms with Crippen molar-refractivity contribution in [2.24, 2.45) is 5.92 Å². The molecule has 1 aromatic carbocycles. The molecular formula is C16H24ClFO. The zero-order chi connectivity index (χ0) is 14.3. The fraction of sp³-hybridized carbons (Fsp3) is 0.625. The summed E-state index contributed by atoms with van der Waals surface area (Å²) in [6.45, 7) is 4.31. The van der Waals surface area contributed by atoms with E-state index in [0.29, 0.717) is 22.9 Å². The molecule has 2 atom stereocenters. The molecule has 0 spiro atoms. The van der Waals surface area contributed by atoms with Gasteiger partial charge in [-0.2, -0.15) is 0 Å². The van der Waals surface area contributed by atoms with E-state index in [1.54, 1.807) is 12.1 Å². The molecule has 3 heteroatoms. The molecule has 1 N–H and O–H groups in total. The van der Waals surface area contributed by atoms with Crippen LogP contribution in [0.4, 0.5) is 4.39 Å². The highest BCUT2D eigenvalue weighted by Crippen LogP contribution is 2.24. The molecule has 0 fully saturated rings. The molecule has 0 bridgehead atoms. The van der Waals surface area contributed by atoms with Crippen LogP contribution in [-0.4, -0.2) is 11.2 Å². The lowest BCUT2D eigenvalue weighted by atomic mass is 9.91. The van der Waals surface area contributed by atoms with Crippen molar-refractivity contribution in [3.05, 3.63) is 34.6 Å². The molecule has 0 aromatic heterocycles. The van der Waals surface area contributed by atoms with Crippen LogP contribution in [0.2, 0.25) is 5.02 Å². The Morgan fingerprint density at radius 1 is 1.32 bits per heavy atom. The van der Waals surface area contributed by atoms with Crippen LogP contribution in [0, 0.1) is 11.7 Å². The molecular weight excluding hydrogens is 263 g/mol. The second-order valence-corrected chi connectivity index (χ2v) is 5.62. The molecule has 0 heterocycles. The van der Waals surface area contributed by atoms with Crippen LogP contribution in [0.1, 0.15) is 51.5 Å². The van der Waals surface area contributed by atoms with Crippen LogP contribution in [0.5, 0.6) is 0 Å². The van der Waals surface area contributed by atoms with Crippen molar-refractivity contribution in [2.75, 3.05) is 0 Å². The number of hydrogen-bond donors (Lipinski definition) is 1. The number of aliphatic hydroxyl groups excluding tert-OH is 1. The van der Waals surface area contributed by atoms with Crippen molar-refractivity contribution in [3.63, 3.8) is 0 Å². The Morgan fingerprint density at radius 2 is 2.05 bits per heavy atom. The monoisotopic (exact) mass is 286 g/mol. The number of rotatable bonds is 8. The van der Waals surface area contributed by atoms with Gasteiger partial charge < -0.3 is 5.11 Å². The maximum atomic E-state index is 13.6. The Kier molecular flexibility index (Phi) is 7.40. The Hall–Kier alpha value is -0.600. The van der Waals surface area contributed by atoms with Crippen molar-refractivity contribution < 1.29 is 9.50 Å². The number of benzene rings is 1. The average molecular weight is 287 g/mol. The van der Waals surface area contributed by atoms with Gasteiger partial charge in [0, 0.05) is 17.0 Å². The van der Waals surface area contributed by atoms with E-state index in [0.717, 1.165) is 19.3 Å². The summed E-state index contributed by atoms with van der Waals surface area (Å²) >= 11 is 5.98. The maximum Gasteiger partial charge on any atom is 0.127 e. The van der Waals surface area contributed by atoms with Crippen LogP contribution in [0.15, 0.2) is 18.2 Å². The van der Waals surface area contributed by atoms with Gasteiger partial charge in [0.25, 0.3) is 0 Å². The topological polar surface area (TPSA) is 20.2 Å². The van der Waals surface area contributed by atoms with Crippen molar-refractivity contribution in [1.29, 1.82) is 0 Å². The van der Waals surface area contributed by atoms with E-state index in [4.69, 9.17) is 11.6 Å². The van der Waals surface area contributed by atoms with Gasteiger partial charge in [-0.3, -0.25) is 0 Å². The predicted molar refractivity (Wildman–Crippen MR) is 79.0 cm³/mol. The zero-order valence-corrected chi connectivity index (χ0v) is 12.6. The molecule has 1 rings (SSSR count). The third-order valence-corrected chi connectivity index (χ3v) is 4.00. The van der Waals surface area contributed by atoms with Crippen LogP contribution in [-0.2, 0) is 6.42 Å². The Bertz CT molecular complexity index is 361. The molecule has 108 valence electrons. The van der Waals surface area contributed by atoms with E-state index in [1.807, 2.05) is 0 Å². The number of halogens is 2. The minimum atomic E-state index is -0.517. The van der Waals surface area contributed by atoms with Gasteiger partial charge in [0.1, 0.15) is 5.82 Å². The Balaban J connectivity index is 2.56. The quantitative estimate of drug-likeness (QED) is 0.714. The Morgan fingerprint density at radius 3 is 2.63 bits per heavy atom. The van der Waals surface area contributed by atoms with Gasteiger partial charge in [-0.05, 0) is 24.5 Å². The minimum absolute atomic E-state index is 0.300. The molecule has 0 saturated heterocycles. The highest BCUT2D eigenvalue weighted by Gasteiger charge is 2.16. The first-order valence-corrected chi connectivity index (χ1v) is 7.57. The van der Waals surface area contributed by atoms with Crippen LogP contribution < -0.4 is 0 Å². The van der Waals surface area contributed by atoms with Gasteiger partial charge in [-0.25, -0.2) is 4.39 Å². The highest BCUT2D eigenvalue weighted by molar-refractivity contribution is 6.31. The molecule has 0 saturated carbocycles. The molecule has 2 unspecified atom stereocenters. The normalized spacial score (nSPS) is 14.4. The summed E-state index contributed by atoms with van der Waals surface area (Å²) in [5.74, 6) is 0.189. The molecule has 1 aromatic rings. The lowest BCUT2D eigenvalue weighted by Gasteiger charge is -2.19. The summed E-state index contributed by atoms with van der Waals surface area (Å²) in [5, 5.41) is 10.5. The largest absolute Gasteiger partial charge is 0.393 e. The SMILES string of the molecule is CCCCC(CC)CC(O)Cc1c(F)cccc1Cl. The average Bonchev–Trinajstić information content (AvgIpc) is 2.39. The molecule has 19 heavy (non-hydrogen) atoms. The summed E-state index contributed by atoms with van der Waals surface area (Å²) in [4.78, 5) is 0.